The Labute approximate surface area is 127 Å². The van der Waals surface area contributed by atoms with Gasteiger partial charge in [-0.3, -0.25) is 0 Å². The van der Waals surface area contributed by atoms with E-state index < -0.39 is 12.0 Å². The van der Waals surface area contributed by atoms with Crippen LogP contribution in [0.2, 0.25) is 0 Å². The molecule has 2 heterocycles. The van der Waals surface area contributed by atoms with Crippen LogP contribution in [0.15, 0.2) is 0 Å². The Balaban J connectivity index is 1.88. The fourth-order valence-electron chi connectivity index (χ4n) is 2.31. The number of hydrogen-bond acceptors (Lipinski definition) is 5. The number of piperazine rings is 1. The number of urea groups is 1. The smallest absolute Gasteiger partial charge is 0.409 e. The lowest BCUT2D eigenvalue weighted by atomic mass is 10.3. The molecule has 9 heteroatoms. The van der Waals surface area contributed by atoms with Crippen molar-refractivity contribution in [3.8, 4) is 0 Å². The fraction of sp³-hybridized carbons (Fsp3) is 0.750. The largest absolute Gasteiger partial charge is 0.480 e. The summed E-state index contributed by atoms with van der Waals surface area (Å²) in [5.41, 5.74) is 0. The number of carbonyl (C=O) groups excluding carboxylic acids is 2. The summed E-state index contributed by atoms with van der Waals surface area (Å²) >= 11 is 1.44. The molecule has 2 rings (SSSR count). The second kappa shape index (κ2) is 6.88. The molecule has 118 valence electrons. The highest BCUT2D eigenvalue weighted by Gasteiger charge is 2.37. The second-order valence-corrected chi connectivity index (χ2v) is 5.78. The first-order chi connectivity index (χ1) is 10.0. The number of amides is 3. The van der Waals surface area contributed by atoms with Crippen LogP contribution in [-0.4, -0.2) is 88.4 Å². The van der Waals surface area contributed by atoms with Crippen molar-refractivity contribution in [1.82, 2.24) is 14.7 Å². The average Bonchev–Trinajstić information content (AvgIpc) is 2.96. The molecule has 0 radical (unpaired) electrons. The molecular formula is C12H19N3O5S. The fourth-order valence-corrected chi connectivity index (χ4v) is 3.45. The first-order valence-electron chi connectivity index (χ1n) is 6.82. The van der Waals surface area contributed by atoms with Crippen LogP contribution in [0.5, 0.6) is 0 Å². The van der Waals surface area contributed by atoms with Crippen molar-refractivity contribution in [1.29, 1.82) is 0 Å². The molecule has 2 aliphatic heterocycles. The molecule has 2 aliphatic rings. The number of carbonyl (C=O) groups is 3. The zero-order chi connectivity index (χ0) is 15.4. The topological polar surface area (TPSA) is 90.4 Å². The number of hydrogen-bond donors (Lipinski definition) is 1. The normalized spacial score (nSPS) is 22.3. The van der Waals surface area contributed by atoms with Gasteiger partial charge >= 0.3 is 18.1 Å². The molecular weight excluding hydrogens is 298 g/mol. The van der Waals surface area contributed by atoms with Crippen molar-refractivity contribution < 1.29 is 24.2 Å². The van der Waals surface area contributed by atoms with Crippen molar-refractivity contribution in [2.45, 2.75) is 13.0 Å². The van der Waals surface area contributed by atoms with Crippen LogP contribution in [0.1, 0.15) is 6.92 Å². The maximum Gasteiger partial charge on any atom is 0.409 e. The van der Waals surface area contributed by atoms with E-state index in [4.69, 9.17) is 9.84 Å². The zero-order valence-corrected chi connectivity index (χ0v) is 12.7. The van der Waals surface area contributed by atoms with Gasteiger partial charge in [0.2, 0.25) is 0 Å². The summed E-state index contributed by atoms with van der Waals surface area (Å²) in [6, 6.07) is -1.03. The monoisotopic (exact) mass is 317 g/mol. The van der Waals surface area contributed by atoms with E-state index in [0.717, 1.165) is 0 Å². The summed E-state index contributed by atoms with van der Waals surface area (Å²) in [5, 5.41) is 9.11. The molecule has 2 saturated heterocycles. The van der Waals surface area contributed by atoms with Crippen molar-refractivity contribution in [2.75, 3.05) is 44.4 Å². The number of carboxylic acids is 1. The third-order valence-electron chi connectivity index (χ3n) is 3.49. The van der Waals surface area contributed by atoms with Crippen molar-refractivity contribution in [2.24, 2.45) is 0 Å². The Kier molecular flexibility index (Phi) is 5.16. The van der Waals surface area contributed by atoms with Crippen LogP contribution in [0.4, 0.5) is 9.59 Å². The quantitative estimate of drug-likeness (QED) is 0.790. The molecule has 0 aliphatic carbocycles. The zero-order valence-electron chi connectivity index (χ0n) is 11.9. The molecule has 0 aromatic heterocycles. The van der Waals surface area contributed by atoms with Gasteiger partial charge in [-0.05, 0) is 6.92 Å². The Morgan fingerprint density at radius 2 is 1.81 bits per heavy atom. The van der Waals surface area contributed by atoms with Crippen LogP contribution < -0.4 is 0 Å². The van der Waals surface area contributed by atoms with Crippen LogP contribution >= 0.6 is 11.8 Å². The molecule has 0 aromatic rings. The number of thioether (sulfide) groups is 1. The van der Waals surface area contributed by atoms with Gasteiger partial charge in [0, 0.05) is 31.9 Å². The van der Waals surface area contributed by atoms with Gasteiger partial charge < -0.3 is 24.5 Å². The van der Waals surface area contributed by atoms with E-state index in [0.29, 0.717) is 44.4 Å². The highest BCUT2D eigenvalue weighted by atomic mass is 32.2. The summed E-state index contributed by atoms with van der Waals surface area (Å²) in [5.74, 6) is -0.156. The molecule has 0 aromatic carbocycles. The van der Waals surface area contributed by atoms with Gasteiger partial charge in [0.1, 0.15) is 6.04 Å². The van der Waals surface area contributed by atoms with E-state index >= 15 is 0 Å². The highest BCUT2D eigenvalue weighted by molar-refractivity contribution is 7.99. The van der Waals surface area contributed by atoms with E-state index in [1.165, 1.54) is 16.7 Å². The number of nitrogens with zero attached hydrogens (tertiary/aromatic N) is 3. The lowest BCUT2D eigenvalue weighted by Crippen LogP contribution is -2.55. The maximum absolute atomic E-state index is 12.4. The average molecular weight is 317 g/mol. The third-order valence-corrected chi connectivity index (χ3v) is 4.50. The van der Waals surface area contributed by atoms with Gasteiger partial charge in [-0.2, -0.15) is 0 Å². The Bertz CT molecular complexity index is 425. The molecule has 0 spiro atoms. The number of rotatable bonds is 2. The molecule has 0 bridgehead atoms. The van der Waals surface area contributed by atoms with E-state index in [1.54, 1.807) is 16.7 Å². The molecule has 8 nitrogen and oxygen atoms in total. The minimum Gasteiger partial charge on any atom is -0.480 e. The predicted octanol–water partition coefficient (Wildman–Crippen LogP) is 0.340. The summed E-state index contributed by atoms with van der Waals surface area (Å²) in [7, 11) is 0. The Morgan fingerprint density at radius 3 is 2.38 bits per heavy atom. The summed E-state index contributed by atoms with van der Waals surface area (Å²) in [4.78, 5) is 39.6. The minimum atomic E-state index is -0.974. The number of aliphatic carboxylic acids is 1. The van der Waals surface area contributed by atoms with Crippen LogP contribution in [0.25, 0.3) is 0 Å². The highest BCUT2D eigenvalue weighted by Crippen LogP contribution is 2.23. The van der Waals surface area contributed by atoms with E-state index in [1.807, 2.05) is 0 Å². The molecule has 21 heavy (non-hydrogen) atoms. The molecule has 3 amide bonds. The number of ether oxygens (including phenoxy) is 1. The summed E-state index contributed by atoms with van der Waals surface area (Å²) < 4.78 is 4.92. The second-order valence-electron chi connectivity index (χ2n) is 4.78. The first kappa shape index (κ1) is 15.7. The predicted molar refractivity (Wildman–Crippen MR) is 76.2 cm³/mol. The lowest BCUT2D eigenvalue weighted by molar-refractivity contribution is -0.141. The van der Waals surface area contributed by atoms with Crippen molar-refractivity contribution >= 4 is 29.9 Å². The molecule has 2 fully saturated rings. The van der Waals surface area contributed by atoms with Gasteiger partial charge in [-0.1, -0.05) is 0 Å². The van der Waals surface area contributed by atoms with Crippen molar-refractivity contribution in [3.05, 3.63) is 0 Å². The number of carboxylic acid groups (broad SMARTS) is 1. The SMILES string of the molecule is CCOC(=O)N1CCN(C(=O)N2CSC[C@H]2C(=O)O)CC1. The van der Waals surface area contributed by atoms with Crippen LogP contribution in [0.3, 0.4) is 0 Å². The van der Waals surface area contributed by atoms with E-state index in [9.17, 15) is 14.4 Å². The Morgan fingerprint density at radius 1 is 1.19 bits per heavy atom. The van der Waals surface area contributed by atoms with Crippen LogP contribution in [-0.2, 0) is 9.53 Å². The maximum atomic E-state index is 12.4. The first-order valence-corrected chi connectivity index (χ1v) is 7.98. The molecule has 0 unspecified atom stereocenters. The van der Waals surface area contributed by atoms with Gasteiger partial charge in [0.25, 0.3) is 0 Å². The Hall–Kier alpha value is -1.64. The van der Waals surface area contributed by atoms with Crippen LogP contribution in [0, 0.1) is 0 Å². The van der Waals surface area contributed by atoms with Gasteiger partial charge in [0.15, 0.2) is 0 Å². The third kappa shape index (κ3) is 3.52. The minimum absolute atomic E-state index is 0.268. The van der Waals surface area contributed by atoms with E-state index in [2.05, 4.69) is 0 Å². The van der Waals surface area contributed by atoms with E-state index in [-0.39, 0.29) is 12.1 Å². The summed E-state index contributed by atoms with van der Waals surface area (Å²) in [6.07, 6.45) is -0.371. The standard InChI is InChI=1S/C12H19N3O5S/c1-2-20-12(19)14-5-3-13(4-6-14)11(18)15-8-21-7-9(15)10(16)17/h9H,2-8H2,1H3,(H,16,17)/t9-/m0/s1. The van der Waals surface area contributed by atoms with Gasteiger partial charge in [-0.25, -0.2) is 14.4 Å². The molecule has 0 saturated carbocycles. The lowest BCUT2D eigenvalue weighted by Gasteiger charge is -2.36. The van der Waals surface area contributed by atoms with Crippen molar-refractivity contribution in [3.63, 3.8) is 0 Å². The summed E-state index contributed by atoms with van der Waals surface area (Å²) in [6.45, 7) is 3.67. The van der Waals surface area contributed by atoms with Gasteiger partial charge in [-0.15, -0.1) is 11.8 Å². The van der Waals surface area contributed by atoms with Gasteiger partial charge in [0.05, 0.1) is 12.5 Å². The molecule has 1 N–H and O–H groups in total. The molecule has 1 atom stereocenters.